The van der Waals surface area contributed by atoms with Crippen LogP contribution in [0.1, 0.15) is 34.6 Å². The first kappa shape index (κ1) is 20.7. The van der Waals surface area contributed by atoms with Crippen molar-refractivity contribution in [3.63, 3.8) is 0 Å². The Bertz CT molecular complexity index is 648. The zero-order valence-corrected chi connectivity index (χ0v) is 17.7. The summed E-state index contributed by atoms with van der Waals surface area (Å²) in [6.07, 6.45) is -0.297. The van der Waals surface area contributed by atoms with Crippen LogP contribution in [0.3, 0.4) is 0 Å². The third-order valence-corrected chi connectivity index (χ3v) is 4.68. The molecule has 1 heterocycles. The quantitative estimate of drug-likeness (QED) is 0.801. The Morgan fingerprint density at radius 2 is 1.85 bits per heavy atom. The van der Waals surface area contributed by atoms with Crippen molar-refractivity contribution in [2.75, 3.05) is 25.0 Å². The van der Waals surface area contributed by atoms with Crippen LogP contribution in [0.4, 0.5) is 10.5 Å². The highest BCUT2D eigenvalue weighted by Crippen LogP contribution is 2.20. The normalized spacial score (nSPS) is 21.4. The number of carbonyl (C=O) groups excluding carboxylic acids is 2. The number of benzene rings is 1. The van der Waals surface area contributed by atoms with E-state index in [1.165, 1.54) is 0 Å². The first-order chi connectivity index (χ1) is 12.0. The lowest BCUT2D eigenvalue weighted by atomic mass is 10.1. The smallest absolute Gasteiger partial charge is 0.410 e. The van der Waals surface area contributed by atoms with E-state index in [1.807, 2.05) is 58.9 Å². The van der Waals surface area contributed by atoms with Crippen LogP contribution in [0.25, 0.3) is 0 Å². The highest BCUT2D eigenvalue weighted by atomic mass is 79.9. The SMILES string of the molecule is C[C@@H]1CN(C(=O)OC(C)(C)C)C[C@H](C)N1CC(=O)Nc1cccc(Br)c1. The Morgan fingerprint density at radius 3 is 2.38 bits per heavy atom. The van der Waals surface area contributed by atoms with Gasteiger partial charge in [-0.1, -0.05) is 22.0 Å². The topological polar surface area (TPSA) is 61.9 Å². The average molecular weight is 426 g/mol. The largest absolute Gasteiger partial charge is 0.444 e. The molecular formula is C19H28BrN3O3. The van der Waals surface area contributed by atoms with E-state index >= 15 is 0 Å². The Balaban J connectivity index is 1.93. The monoisotopic (exact) mass is 425 g/mol. The van der Waals surface area contributed by atoms with Crippen molar-refractivity contribution in [3.05, 3.63) is 28.7 Å². The van der Waals surface area contributed by atoms with Gasteiger partial charge in [-0.3, -0.25) is 9.69 Å². The van der Waals surface area contributed by atoms with Gasteiger partial charge in [-0.15, -0.1) is 0 Å². The first-order valence-corrected chi connectivity index (χ1v) is 9.63. The van der Waals surface area contributed by atoms with Crippen molar-refractivity contribution in [2.24, 2.45) is 0 Å². The van der Waals surface area contributed by atoms with Crippen molar-refractivity contribution in [3.8, 4) is 0 Å². The van der Waals surface area contributed by atoms with E-state index in [1.54, 1.807) is 4.90 Å². The van der Waals surface area contributed by atoms with E-state index in [0.717, 1.165) is 10.2 Å². The second kappa shape index (κ2) is 8.39. The van der Waals surface area contributed by atoms with Gasteiger partial charge in [0.05, 0.1) is 6.54 Å². The number of amides is 2. The maximum atomic E-state index is 12.4. The third-order valence-electron chi connectivity index (χ3n) is 4.19. The van der Waals surface area contributed by atoms with Crippen LogP contribution >= 0.6 is 15.9 Å². The number of halogens is 1. The van der Waals surface area contributed by atoms with E-state index in [2.05, 4.69) is 26.1 Å². The maximum Gasteiger partial charge on any atom is 0.410 e. The lowest BCUT2D eigenvalue weighted by molar-refractivity contribution is -0.119. The van der Waals surface area contributed by atoms with Gasteiger partial charge in [0, 0.05) is 35.3 Å². The summed E-state index contributed by atoms with van der Waals surface area (Å²) in [5, 5.41) is 2.92. The standard InChI is InChI=1S/C19H28BrN3O3/c1-13-10-22(18(25)26-19(3,4)5)11-14(2)23(13)12-17(24)21-16-8-6-7-15(20)9-16/h6-9,13-14H,10-12H2,1-5H3,(H,21,24)/t13-,14+. The number of hydrogen-bond acceptors (Lipinski definition) is 4. The summed E-state index contributed by atoms with van der Waals surface area (Å²) in [4.78, 5) is 28.6. The Kier molecular flexibility index (Phi) is 6.69. The molecule has 0 aromatic heterocycles. The molecule has 1 saturated heterocycles. The predicted molar refractivity (Wildman–Crippen MR) is 106 cm³/mol. The fourth-order valence-corrected chi connectivity index (χ4v) is 3.48. The lowest BCUT2D eigenvalue weighted by Gasteiger charge is -2.44. The molecule has 0 unspecified atom stereocenters. The molecule has 144 valence electrons. The Hall–Kier alpha value is -1.60. The number of anilines is 1. The van der Waals surface area contributed by atoms with Gasteiger partial charge in [0.2, 0.25) is 5.91 Å². The second-order valence-electron chi connectivity index (χ2n) is 7.81. The molecule has 0 saturated carbocycles. The fraction of sp³-hybridized carbons (Fsp3) is 0.579. The molecule has 6 nitrogen and oxygen atoms in total. The van der Waals surface area contributed by atoms with Gasteiger partial charge in [-0.05, 0) is 52.8 Å². The van der Waals surface area contributed by atoms with Crippen molar-refractivity contribution < 1.29 is 14.3 Å². The van der Waals surface area contributed by atoms with Gasteiger partial charge in [-0.2, -0.15) is 0 Å². The summed E-state index contributed by atoms with van der Waals surface area (Å²) in [7, 11) is 0. The minimum Gasteiger partial charge on any atom is -0.444 e. The van der Waals surface area contributed by atoms with Crippen LogP contribution in [0.15, 0.2) is 28.7 Å². The number of rotatable bonds is 3. The van der Waals surface area contributed by atoms with Gasteiger partial charge in [0.25, 0.3) is 0 Å². The molecule has 0 radical (unpaired) electrons. The number of nitrogens with one attached hydrogen (secondary N) is 1. The minimum absolute atomic E-state index is 0.0625. The number of piperazine rings is 1. The second-order valence-corrected chi connectivity index (χ2v) is 8.73. The van der Waals surface area contributed by atoms with E-state index in [0.29, 0.717) is 13.1 Å². The molecule has 0 bridgehead atoms. The lowest BCUT2D eigenvalue weighted by Crippen LogP contribution is -2.59. The van der Waals surface area contributed by atoms with Crippen LogP contribution in [-0.2, 0) is 9.53 Å². The molecule has 2 amide bonds. The molecule has 1 aromatic rings. The molecule has 2 atom stereocenters. The number of hydrogen-bond donors (Lipinski definition) is 1. The molecule has 1 fully saturated rings. The molecule has 1 aliphatic rings. The Labute approximate surface area is 164 Å². The van der Waals surface area contributed by atoms with Gasteiger partial charge in [0.15, 0.2) is 0 Å². The molecule has 0 aliphatic carbocycles. The summed E-state index contributed by atoms with van der Waals surface area (Å²) in [6.45, 7) is 11.0. The van der Waals surface area contributed by atoms with Gasteiger partial charge < -0.3 is 15.0 Å². The van der Waals surface area contributed by atoms with Crippen molar-refractivity contribution in [1.29, 1.82) is 0 Å². The summed E-state index contributed by atoms with van der Waals surface area (Å²) in [5.41, 5.74) is 0.252. The summed E-state index contributed by atoms with van der Waals surface area (Å²) < 4.78 is 6.38. The zero-order valence-electron chi connectivity index (χ0n) is 16.1. The highest BCUT2D eigenvalue weighted by molar-refractivity contribution is 9.10. The molecule has 2 rings (SSSR count). The van der Waals surface area contributed by atoms with Crippen LogP contribution < -0.4 is 5.32 Å². The molecule has 26 heavy (non-hydrogen) atoms. The Morgan fingerprint density at radius 1 is 1.23 bits per heavy atom. The summed E-state index contributed by atoms with van der Waals surface area (Å²) in [5.74, 6) is -0.0625. The van der Waals surface area contributed by atoms with Crippen molar-refractivity contribution in [2.45, 2.75) is 52.3 Å². The number of nitrogens with zero attached hydrogens (tertiary/aromatic N) is 2. The zero-order chi connectivity index (χ0) is 19.5. The van der Waals surface area contributed by atoms with Crippen LogP contribution in [0, 0.1) is 0 Å². The van der Waals surface area contributed by atoms with Crippen molar-refractivity contribution in [1.82, 2.24) is 9.80 Å². The maximum absolute atomic E-state index is 12.4. The summed E-state index contributed by atoms with van der Waals surface area (Å²) >= 11 is 3.40. The molecular weight excluding hydrogens is 398 g/mol. The first-order valence-electron chi connectivity index (χ1n) is 8.84. The minimum atomic E-state index is -0.509. The molecule has 0 spiro atoms. The van der Waals surface area contributed by atoms with Gasteiger partial charge >= 0.3 is 6.09 Å². The summed E-state index contributed by atoms with van der Waals surface area (Å²) in [6, 6.07) is 7.65. The number of carbonyl (C=O) groups is 2. The number of ether oxygens (including phenoxy) is 1. The predicted octanol–water partition coefficient (Wildman–Crippen LogP) is 3.72. The molecule has 7 heteroatoms. The third kappa shape index (κ3) is 5.99. The molecule has 1 N–H and O–H groups in total. The van der Waals surface area contributed by atoms with Crippen LogP contribution in [0.5, 0.6) is 0 Å². The highest BCUT2D eigenvalue weighted by Gasteiger charge is 2.34. The van der Waals surface area contributed by atoms with Crippen LogP contribution in [0.2, 0.25) is 0 Å². The van der Waals surface area contributed by atoms with E-state index in [-0.39, 0.29) is 30.6 Å². The van der Waals surface area contributed by atoms with E-state index < -0.39 is 5.60 Å². The molecule has 1 aromatic carbocycles. The van der Waals surface area contributed by atoms with Gasteiger partial charge in [0.1, 0.15) is 5.60 Å². The van der Waals surface area contributed by atoms with Crippen molar-refractivity contribution >= 4 is 33.6 Å². The van der Waals surface area contributed by atoms with Crippen LogP contribution in [-0.4, -0.2) is 59.1 Å². The fourth-order valence-electron chi connectivity index (χ4n) is 3.08. The van der Waals surface area contributed by atoms with Gasteiger partial charge in [-0.25, -0.2) is 4.79 Å². The average Bonchev–Trinajstić information content (AvgIpc) is 2.49. The van der Waals surface area contributed by atoms with E-state index in [4.69, 9.17) is 4.74 Å². The molecule has 1 aliphatic heterocycles. The van der Waals surface area contributed by atoms with E-state index in [9.17, 15) is 9.59 Å².